The van der Waals surface area contributed by atoms with E-state index in [2.05, 4.69) is 38.2 Å². The molecule has 0 spiro atoms. The van der Waals surface area contributed by atoms with Gasteiger partial charge in [0.1, 0.15) is 0 Å². The molecule has 2 rings (SSSR count). The van der Waals surface area contributed by atoms with Crippen LogP contribution in [0.2, 0.25) is 0 Å². The average molecular weight is 268 g/mol. The number of hydrogen-bond acceptors (Lipinski definition) is 3. The van der Waals surface area contributed by atoms with E-state index in [4.69, 9.17) is 4.74 Å². The van der Waals surface area contributed by atoms with E-state index >= 15 is 0 Å². The average Bonchev–Trinajstić information content (AvgIpc) is 2.84. The first-order valence-corrected chi connectivity index (χ1v) is 8.18. The fourth-order valence-corrected chi connectivity index (χ4v) is 4.19. The van der Waals surface area contributed by atoms with Crippen LogP contribution in [0, 0.1) is 5.92 Å². The molecule has 1 aliphatic heterocycles. The van der Waals surface area contributed by atoms with Crippen LogP contribution in [-0.4, -0.2) is 49.8 Å². The molecule has 3 heteroatoms. The lowest BCUT2D eigenvalue weighted by Crippen LogP contribution is -2.55. The van der Waals surface area contributed by atoms with Crippen molar-refractivity contribution >= 4 is 0 Å². The van der Waals surface area contributed by atoms with Gasteiger partial charge in [-0.15, -0.1) is 0 Å². The minimum Gasteiger partial charge on any atom is -0.377 e. The summed E-state index contributed by atoms with van der Waals surface area (Å²) in [5.74, 6) is 0.930. The third-order valence-electron chi connectivity index (χ3n) is 5.38. The standard InChI is InChI=1S/C16H32N2O/c1-5-6-13-7-8-14(17-3)16(11-13)18(4)15-9-10-19-12(15)2/h12-17H,5-11H2,1-4H3. The molecule has 0 aromatic heterocycles. The zero-order chi connectivity index (χ0) is 13.8. The van der Waals surface area contributed by atoms with Crippen LogP contribution in [0.5, 0.6) is 0 Å². The molecular formula is C16H32N2O. The van der Waals surface area contributed by atoms with Gasteiger partial charge in [0, 0.05) is 24.7 Å². The summed E-state index contributed by atoms with van der Waals surface area (Å²) in [7, 11) is 4.44. The summed E-state index contributed by atoms with van der Waals surface area (Å²) in [6.07, 6.45) is 8.42. The summed E-state index contributed by atoms with van der Waals surface area (Å²) in [5.41, 5.74) is 0. The number of ether oxygens (including phenoxy) is 1. The number of nitrogens with one attached hydrogen (secondary N) is 1. The first-order valence-electron chi connectivity index (χ1n) is 8.18. The van der Waals surface area contributed by atoms with Gasteiger partial charge < -0.3 is 10.1 Å². The topological polar surface area (TPSA) is 24.5 Å². The van der Waals surface area contributed by atoms with Crippen molar-refractivity contribution in [2.24, 2.45) is 5.92 Å². The molecule has 1 saturated carbocycles. The second kappa shape index (κ2) is 7.05. The molecule has 5 atom stereocenters. The number of hydrogen-bond donors (Lipinski definition) is 1. The Bertz CT molecular complexity index is 271. The third kappa shape index (κ3) is 3.50. The van der Waals surface area contributed by atoms with Crippen LogP contribution in [0.1, 0.15) is 52.4 Å². The van der Waals surface area contributed by atoms with Crippen LogP contribution in [0.3, 0.4) is 0 Å². The Morgan fingerprint density at radius 2 is 2.00 bits per heavy atom. The Labute approximate surface area is 119 Å². The van der Waals surface area contributed by atoms with E-state index in [1.807, 2.05) is 0 Å². The number of nitrogens with zero attached hydrogens (tertiary/aromatic N) is 1. The zero-order valence-electron chi connectivity index (χ0n) is 13.2. The van der Waals surface area contributed by atoms with E-state index in [0.717, 1.165) is 12.5 Å². The Morgan fingerprint density at radius 3 is 2.58 bits per heavy atom. The van der Waals surface area contributed by atoms with E-state index in [9.17, 15) is 0 Å². The normalized spacial score (nSPS) is 39.9. The Hall–Kier alpha value is -0.120. The number of rotatable bonds is 5. The van der Waals surface area contributed by atoms with Crippen molar-refractivity contribution in [1.82, 2.24) is 10.2 Å². The minimum absolute atomic E-state index is 0.397. The van der Waals surface area contributed by atoms with Gasteiger partial charge in [-0.3, -0.25) is 4.90 Å². The molecule has 5 unspecified atom stereocenters. The second-order valence-electron chi connectivity index (χ2n) is 6.53. The van der Waals surface area contributed by atoms with Crippen LogP contribution >= 0.6 is 0 Å². The highest BCUT2D eigenvalue weighted by atomic mass is 16.5. The first-order chi connectivity index (χ1) is 9.17. The fraction of sp³-hybridized carbons (Fsp3) is 1.00. The number of likely N-dealkylation sites (N-methyl/N-ethyl adjacent to an activating group) is 2. The van der Waals surface area contributed by atoms with Crippen LogP contribution in [0.4, 0.5) is 0 Å². The van der Waals surface area contributed by atoms with E-state index < -0.39 is 0 Å². The molecular weight excluding hydrogens is 236 g/mol. The SMILES string of the molecule is CCCC1CCC(NC)C(N(C)C2CCOC2C)C1. The Morgan fingerprint density at radius 1 is 1.21 bits per heavy atom. The summed E-state index contributed by atoms with van der Waals surface area (Å²) in [6.45, 7) is 5.48. The highest BCUT2D eigenvalue weighted by Gasteiger charge is 2.37. The van der Waals surface area contributed by atoms with Crippen LogP contribution in [0.15, 0.2) is 0 Å². The van der Waals surface area contributed by atoms with Crippen LogP contribution in [0.25, 0.3) is 0 Å². The molecule has 0 aromatic carbocycles. The molecule has 1 N–H and O–H groups in total. The quantitative estimate of drug-likeness (QED) is 0.829. The smallest absolute Gasteiger partial charge is 0.0703 e. The molecule has 112 valence electrons. The molecule has 3 nitrogen and oxygen atoms in total. The highest BCUT2D eigenvalue weighted by molar-refractivity contribution is 4.94. The summed E-state index contributed by atoms with van der Waals surface area (Å²) in [5, 5.41) is 3.55. The van der Waals surface area contributed by atoms with Crippen molar-refractivity contribution in [3.63, 3.8) is 0 Å². The van der Waals surface area contributed by atoms with Gasteiger partial charge in [-0.25, -0.2) is 0 Å². The molecule has 0 bridgehead atoms. The maximum Gasteiger partial charge on any atom is 0.0703 e. The molecule has 2 aliphatic rings. The van der Waals surface area contributed by atoms with E-state index in [-0.39, 0.29) is 0 Å². The van der Waals surface area contributed by atoms with Crippen molar-refractivity contribution in [3.8, 4) is 0 Å². The van der Waals surface area contributed by atoms with Crippen LogP contribution < -0.4 is 5.32 Å². The Balaban J connectivity index is 2.00. The maximum absolute atomic E-state index is 5.76. The second-order valence-corrected chi connectivity index (χ2v) is 6.53. The largest absolute Gasteiger partial charge is 0.377 e. The Kier molecular flexibility index (Phi) is 5.67. The van der Waals surface area contributed by atoms with E-state index in [1.54, 1.807) is 0 Å². The van der Waals surface area contributed by atoms with Gasteiger partial charge >= 0.3 is 0 Å². The fourth-order valence-electron chi connectivity index (χ4n) is 4.19. The van der Waals surface area contributed by atoms with Crippen LogP contribution in [-0.2, 0) is 4.74 Å². The summed E-state index contributed by atoms with van der Waals surface area (Å²) < 4.78 is 5.76. The van der Waals surface area contributed by atoms with Gasteiger partial charge in [-0.1, -0.05) is 19.8 Å². The molecule has 2 fully saturated rings. The van der Waals surface area contributed by atoms with Gasteiger partial charge in [-0.2, -0.15) is 0 Å². The van der Waals surface area contributed by atoms with Gasteiger partial charge in [0.05, 0.1) is 6.10 Å². The van der Waals surface area contributed by atoms with Crippen molar-refractivity contribution in [2.45, 2.75) is 76.6 Å². The highest BCUT2D eigenvalue weighted by Crippen LogP contribution is 2.33. The van der Waals surface area contributed by atoms with E-state index in [0.29, 0.717) is 24.2 Å². The molecule has 19 heavy (non-hydrogen) atoms. The predicted molar refractivity (Wildman–Crippen MR) is 80.5 cm³/mol. The summed E-state index contributed by atoms with van der Waals surface area (Å²) in [6, 6.07) is 1.96. The van der Waals surface area contributed by atoms with Crippen molar-refractivity contribution < 1.29 is 4.74 Å². The third-order valence-corrected chi connectivity index (χ3v) is 5.38. The van der Waals surface area contributed by atoms with E-state index in [1.165, 1.54) is 38.5 Å². The van der Waals surface area contributed by atoms with Gasteiger partial charge in [0.25, 0.3) is 0 Å². The minimum atomic E-state index is 0.397. The monoisotopic (exact) mass is 268 g/mol. The van der Waals surface area contributed by atoms with Crippen molar-refractivity contribution in [3.05, 3.63) is 0 Å². The lowest BCUT2D eigenvalue weighted by molar-refractivity contribution is 0.0386. The van der Waals surface area contributed by atoms with Crippen molar-refractivity contribution in [2.75, 3.05) is 20.7 Å². The zero-order valence-corrected chi connectivity index (χ0v) is 13.2. The summed E-state index contributed by atoms with van der Waals surface area (Å²) >= 11 is 0. The first kappa shape index (κ1) is 15.3. The molecule has 1 saturated heterocycles. The molecule has 1 aliphatic carbocycles. The summed E-state index contributed by atoms with van der Waals surface area (Å²) in [4.78, 5) is 2.63. The molecule has 0 aromatic rings. The lowest BCUT2D eigenvalue weighted by atomic mass is 9.79. The van der Waals surface area contributed by atoms with Gasteiger partial charge in [0.2, 0.25) is 0 Å². The molecule has 0 amide bonds. The molecule has 0 radical (unpaired) electrons. The van der Waals surface area contributed by atoms with Crippen molar-refractivity contribution in [1.29, 1.82) is 0 Å². The molecule has 1 heterocycles. The maximum atomic E-state index is 5.76. The lowest BCUT2D eigenvalue weighted by Gasteiger charge is -2.44. The predicted octanol–water partition coefficient (Wildman–Crippen LogP) is 2.65. The van der Waals surface area contributed by atoms with Gasteiger partial charge in [-0.05, 0) is 52.6 Å². The van der Waals surface area contributed by atoms with Gasteiger partial charge in [0.15, 0.2) is 0 Å².